The number of benzene rings is 2. The predicted octanol–water partition coefficient (Wildman–Crippen LogP) is 4.17. The van der Waals surface area contributed by atoms with Crippen molar-refractivity contribution >= 4 is 25.8 Å². The minimum Gasteiger partial charge on any atom is -0.484 e. The van der Waals surface area contributed by atoms with Crippen LogP contribution in [0.1, 0.15) is 25.8 Å². The fourth-order valence-electron chi connectivity index (χ4n) is 3.21. The molecule has 0 N–H and O–H groups in total. The largest absolute Gasteiger partial charge is 0.484 e. The Morgan fingerprint density at radius 3 is 2.47 bits per heavy atom. The molecule has 0 saturated heterocycles. The van der Waals surface area contributed by atoms with Crippen LogP contribution in [0.2, 0.25) is 0 Å². The number of anilines is 1. The van der Waals surface area contributed by atoms with Gasteiger partial charge in [-0.1, -0.05) is 48.9 Å². The maximum absolute atomic E-state index is 13.4. The first-order valence-electron chi connectivity index (χ1n) is 10.3. The van der Waals surface area contributed by atoms with Crippen molar-refractivity contribution in [2.24, 2.45) is 0 Å². The minimum absolute atomic E-state index is 0.0321. The average Bonchev–Trinajstić information content (AvgIpc) is 2.78. The number of hydrogen-bond donors (Lipinski definition) is 0. The van der Waals surface area contributed by atoms with Crippen molar-refractivity contribution in [3.05, 3.63) is 77.2 Å². The third-order valence-corrected chi connectivity index (χ3v) is 8.10. The molecule has 2 aromatic carbocycles. The van der Waals surface area contributed by atoms with E-state index in [0.29, 0.717) is 17.9 Å². The molecule has 0 spiro atoms. The van der Waals surface area contributed by atoms with Crippen LogP contribution in [0.4, 0.5) is 5.69 Å². The average molecular weight is 478 g/mol. The van der Waals surface area contributed by atoms with Gasteiger partial charge < -0.3 is 4.74 Å². The lowest BCUT2D eigenvalue weighted by atomic mass is 10.2. The monoisotopic (exact) mass is 477 g/mol. The molecule has 0 amide bonds. The van der Waals surface area contributed by atoms with Gasteiger partial charge in [0.25, 0.3) is 20.1 Å². The number of sulfonamides is 1. The first-order valence-corrected chi connectivity index (χ1v) is 13.1. The fourth-order valence-corrected chi connectivity index (χ4v) is 5.74. The van der Waals surface area contributed by atoms with E-state index in [9.17, 15) is 16.8 Å². The molecule has 32 heavy (non-hydrogen) atoms. The van der Waals surface area contributed by atoms with Crippen molar-refractivity contribution in [1.82, 2.24) is 0 Å². The Kier molecular flexibility index (Phi) is 7.43. The molecule has 3 rings (SSSR count). The van der Waals surface area contributed by atoms with Crippen molar-refractivity contribution in [3.63, 3.8) is 0 Å². The second-order valence-corrected chi connectivity index (χ2v) is 10.8. The van der Waals surface area contributed by atoms with E-state index >= 15 is 0 Å². The summed E-state index contributed by atoms with van der Waals surface area (Å²) in [6, 6.07) is 13.1. The highest BCUT2D eigenvalue weighted by Crippen LogP contribution is 2.37. The smallest absolute Gasteiger partial charge is 0.297 e. The second kappa shape index (κ2) is 9.89. The van der Waals surface area contributed by atoms with E-state index in [1.54, 1.807) is 55.5 Å². The lowest BCUT2D eigenvalue weighted by molar-refractivity contribution is 0.132. The molecule has 0 bridgehead atoms. The van der Waals surface area contributed by atoms with E-state index in [4.69, 9.17) is 8.92 Å². The Balaban J connectivity index is 1.86. The van der Waals surface area contributed by atoms with Crippen LogP contribution in [0.15, 0.2) is 76.6 Å². The summed E-state index contributed by atoms with van der Waals surface area (Å²) in [5.74, 6) is 0.346. The van der Waals surface area contributed by atoms with Gasteiger partial charge in [-0.25, -0.2) is 8.42 Å². The van der Waals surface area contributed by atoms with Gasteiger partial charge in [0, 0.05) is 0 Å². The summed E-state index contributed by atoms with van der Waals surface area (Å²) in [7, 11) is -7.89. The zero-order valence-corrected chi connectivity index (χ0v) is 19.9. The quantitative estimate of drug-likeness (QED) is 0.419. The molecule has 9 heteroatoms. The highest BCUT2D eigenvalue weighted by Gasteiger charge is 2.35. The van der Waals surface area contributed by atoms with Crippen molar-refractivity contribution < 1.29 is 25.8 Å². The Morgan fingerprint density at radius 2 is 1.81 bits per heavy atom. The summed E-state index contributed by atoms with van der Waals surface area (Å²) < 4.78 is 64.2. The van der Waals surface area contributed by atoms with Gasteiger partial charge in [0.2, 0.25) is 0 Å². The van der Waals surface area contributed by atoms with Gasteiger partial charge in [-0.15, -0.1) is 0 Å². The first-order chi connectivity index (χ1) is 15.2. The number of ether oxygens (including phenoxy) is 1. The lowest BCUT2D eigenvalue weighted by Crippen LogP contribution is -2.46. The Labute approximate surface area is 190 Å². The first kappa shape index (κ1) is 24.0. The highest BCUT2D eigenvalue weighted by molar-refractivity contribution is 7.96. The van der Waals surface area contributed by atoms with E-state index in [1.807, 2.05) is 13.8 Å². The molecule has 0 aromatic heterocycles. The van der Waals surface area contributed by atoms with Crippen LogP contribution in [0.25, 0.3) is 0 Å². The molecule has 1 aliphatic heterocycles. The molecule has 1 unspecified atom stereocenters. The number of rotatable bonds is 8. The Bertz CT molecular complexity index is 1220. The summed E-state index contributed by atoms with van der Waals surface area (Å²) in [5.41, 5.74) is 1.32. The van der Waals surface area contributed by atoms with E-state index in [-0.39, 0.29) is 23.0 Å². The molecule has 1 aliphatic rings. The third kappa shape index (κ3) is 5.23. The van der Waals surface area contributed by atoms with Crippen LogP contribution >= 0.6 is 0 Å². The maximum Gasteiger partial charge on any atom is 0.297 e. The van der Waals surface area contributed by atoms with Crippen LogP contribution in [-0.4, -0.2) is 36.1 Å². The van der Waals surface area contributed by atoms with E-state index in [1.165, 1.54) is 22.5 Å². The molecule has 1 atom stereocenters. The molecule has 1 heterocycles. The van der Waals surface area contributed by atoms with Gasteiger partial charge >= 0.3 is 0 Å². The molecule has 0 saturated carbocycles. The van der Waals surface area contributed by atoms with Crippen molar-refractivity contribution in [3.8, 4) is 5.75 Å². The lowest BCUT2D eigenvalue weighted by Gasteiger charge is -2.35. The summed E-state index contributed by atoms with van der Waals surface area (Å²) >= 11 is 0. The van der Waals surface area contributed by atoms with E-state index in [0.717, 1.165) is 5.56 Å². The summed E-state index contributed by atoms with van der Waals surface area (Å²) in [6.07, 6.45) is 4.76. The van der Waals surface area contributed by atoms with Crippen LogP contribution in [0, 0.1) is 6.92 Å². The number of allylic oxidation sites excluding steroid dienone is 3. The molecule has 0 aliphatic carbocycles. The molecule has 2 aromatic rings. The standard InChI is InChI=1S/C23H27NO6S2/c1-4-6-9-20(5-2)31(25,26)24-16-19(30-23-11-8-7-10-22(23)24)17-29-32(27,28)21-14-12-18(3)13-15-21/h5-15,19H,4,16-17H2,1-3H3/b9-6-,20-5+. The number of para-hydroxylation sites is 2. The zero-order chi connectivity index (χ0) is 23.4. The molecule has 7 nitrogen and oxygen atoms in total. The van der Waals surface area contributed by atoms with Crippen molar-refractivity contribution in [2.75, 3.05) is 17.5 Å². The fraction of sp³-hybridized carbons (Fsp3) is 0.304. The summed E-state index contributed by atoms with van der Waals surface area (Å²) in [4.78, 5) is 0.188. The SMILES string of the molecule is C/C=C(\C=C/CC)S(=O)(=O)N1CC(COS(=O)(=O)c2ccc(C)cc2)Oc2ccccc21. The van der Waals surface area contributed by atoms with Crippen molar-refractivity contribution in [2.45, 2.75) is 38.2 Å². The van der Waals surface area contributed by atoms with Gasteiger partial charge in [0.15, 0.2) is 0 Å². The zero-order valence-electron chi connectivity index (χ0n) is 18.3. The third-order valence-electron chi connectivity index (χ3n) is 4.91. The van der Waals surface area contributed by atoms with Gasteiger partial charge in [0.05, 0.1) is 22.0 Å². The Morgan fingerprint density at radius 1 is 1.12 bits per heavy atom. The van der Waals surface area contributed by atoms with Gasteiger partial charge in [-0.05, 0) is 50.6 Å². The summed E-state index contributed by atoms with van der Waals surface area (Å²) in [6.45, 7) is 5.02. The van der Waals surface area contributed by atoms with Gasteiger partial charge in [0.1, 0.15) is 18.5 Å². The summed E-state index contributed by atoms with van der Waals surface area (Å²) in [5, 5.41) is 0. The molecular weight excluding hydrogens is 450 g/mol. The number of fused-ring (bicyclic) bond motifs is 1. The van der Waals surface area contributed by atoms with Crippen LogP contribution in [0.3, 0.4) is 0 Å². The van der Waals surface area contributed by atoms with Crippen LogP contribution in [-0.2, 0) is 24.3 Å². The molecule has 0 radical (unpaired) electrons. The second-order valence-electron chi connectivity index (χ2n) is 7.30. The topological polar surface area (TPSA) is 90.0 Å². The van der Waals surface area contributed by atoms with Crippen LogP contribution < -0.4 is 9.04 Å². The van der Waals surface area contributed by atoms with Gasteiger partial charge in [-0.2, -0.15) is 8.42 Å². The molecular formula is C23H27NO6S2. The minimum atomic E-state index is -4.01. The van der Waals surface area contributed by atoms with E-state index in [2.05, 4.69) is 0 Å². The molecule has 172 valence electrons. The van der Waals surface area contributed by atoms with Crippen molar-refractivity contribution in [1.29, 1.82) is 0 Å². The highest BCUT2D eigenvalue weighted by atomic mass is 32.2. The molecule has 0 fully saturated rings. The Hall–Kier alpha value is -2.62. The maximum atomic E-state index is 13.4. The normalized spacial score (nSPS) is 17.3. The van der Waals surface area contributed by atoms with Gasteiger partial charge in [-0.3, -0.25) is 8.49 Å². The number of aryl methyl sites for hydroxylation is 1. The van der Waals surface area contributed by atoms with E-state index < -0.39 is 26.2 Å². The number of hydrogen-bond acceptors (Lipinski definition) is 6. The van der Waals surface area contributed by atoms with Crippen LogP contribution in [0.5, 0.6) is 5.75 Å². The predicted molar refractivity (Wildman–Crippen MR) is 125 cm³/mol. The number of nitrogens with zero attached hydrogens (tertiary/aromatic N) is 1.